The van der Waals surface area contributed by atoms with Gasteiger partial charge in [0.05, 0.1) is 7.11 Å². The lowest BCUT2D eigenvalue weighted by Crippen LogP contribution is -2.47. The lowest BCUT2D eigenvalue weighted by Gasteiger charge is -2.31. The molecule has 3 heterocycles. The molecule has 3 aromatic heterocycles. The number of anilines is 1. The van der Waals surface area contributed by atoms with Crippen molar-refractivity contribution in [2.24, 2.45) is 0 Å². The third-order valence-electron chi connectivity index (χ3n) is 6.53. The molecule has 1 saturated carbocycles. The van der Waals surface area contributed by atoms with E-state index in [9.17, 15) is 9.59 Å². The molecule has 1 aliphatic rings. The second-order valence-corrected chi connectivity index (χ2v) is 9.36. The van der Waals surface area contributed by atoms with Gasteiger partial charge >= 0.3 is 0 Å². The van der Waals surface area contributed by atoms with Gasteiger partial charge in [-0.3, -0.25) is 14.5 Å². The number of aryl methyl sites for hydroxylation is 2. The summed E-state index contributed by atoms with van der Waals surface area (Å²) in [6, 6.07) is 13.0. The van der Waals surface area contributed by atoms with Crippen molar-refractivity contribution in [3.63, 3.8) is 0 Å². The molecule has 1 fully saturated rings. The number of aromatic nitrogens is 4. The summed E-state index contributed by atoms with van der Waals surface area (Å²) >= 11 is 0. The summed E-state index contributed by atoms with van der Waals surface area (Å²) < 4.78 is 16.9. The molecule has 0 radical (unpaired) electrons. The first-order valence-corrected chi connectivity index (χ1v) is 12.6. The van der Waals surface area contributed by atoms with E-state index in [1.807, 2.05) is 6.92 Å². The average molecular weight is 519 g/mol. The van der Waals surface area contributed by atoms with Crippen molar-refractivity contribution in [3.05, 3.63) is 65.8 Å². The van der Waals surface area contributed by atoms with Crippen LogP contribution < -0.4 is 15.0 Å². The quantitative estimate of drug-likeness (QED) is 0.352. The van der Waals surface area contributed by atoms with Gasteiger partial charge in [-0.2, -0.15) is 4.80 Å². The van der Waals surface area contributed by atoms with E-state index < -0.39 is 11.9 Å². The van der Waals surface area contributed by atoms with Crippen LogP contribution in [0.2, 0.25) is 0 Å². The number of methoxy groups -OCH3 is 1. The SMILES string of the molecule is COc1cccc(N(C(=O)Cn2nnc(-c3ccc(C)o3)n2)C(C(=O)NC2CCCC2)c2ccc(C)o2)c1. The zero-order chi connectivity index (χ0) is 26.6. The minimum Gasteiger partial charge on any atom is -0.497 e. The number of amides is 2. The Morgan fingerprint density at radius 2 is 1.87 bits per heavy atom. The number of furan rings is 2. The fraction of sp³-hybridized carbons (Fsp3) is 0.370. The highest BCUT2D eigenvalue weighted by Gasteiger charge is 2.37. The molecular formula is C27H30N6O5. The van der Waals surface area contributed by atoms with Crippen LogP contribution in [-0.2, 0) is 16.1 Å². The third-order valence-corrected chi connectivity index (χ3v) is 6.53. The highest BCUT2D eigenvalue weighted by molar-refractivity contribution is 6.01. The van der Waals surface area contributed by atoms with Crippen molar-refractivity contribution in [3.8, 4) is 17.3 Å². The Kier molecular flexibility index (Phi) is 7.25. The summed E-state index contributed by atoms with van der Waals surface area (Å²) in [7, 11) is 1.54. The molecule has 198 valence electrons. The Bertz CT molecular complexity index is 1420. The van der Waals surface area contributed by atoms with Gasteiger partial charge in [-0.25, -0.2) is 0 Å². The summed E-state index contributed by atoms with van der Waals surface area (Å²) in [6.45, 7) is 3.34. The second kappa shape index (κ2) is 10.9. The number of rotatable bonds is 9. The Labute approximate surface area is 219 Å². The first-order chi connectivity index (χ1) is 18.4. The van der Waals surface area contributed by atoms with Crippen molar-refractivity contribution in [1.82, 2.24) is 25.5 Å². The summed E-state index contributed by atoms with van der Waals surface area (Å²) in [4.78, 5) is 30.3. The Hall–Kier alpha value is -4.41. The smallest absolute Gasteiger partial charge is 0.251 e. The zero-order valence-corrected chi connectivity index (χ0v) is 21.6. The number of tetrazole rings is 1. The van der Waals surface area contributed by atoms with Gasteiger partial charge in [-0.1, -0.05) is 18.9 Å². The van der Waals surface area contributed by atoms with Crippen LogP contribution in [0.4, 0.5) is 5.69 Å². The second-order valence-electron chi connectivity index (χ2n) is 9.36. The maximum absolute atomic E-state index is 13.9. The number of carbonyl (C=O) groups is 2. The van der Waals surface area contributed by atoms with Crippen LogP contribution >= 0.6 is 0 Å². The maximum atomic E-state index is 13.9. The van der Waals surface area contributed by atoms with Crippen LogP contribution in [0.1, 0.15) is 49.0 Å². The highest BCUT2D eigenvalue weighted by atomic mass is 16.5. The molecule has 38 heavy (non-hydrogen) atoms. The molecule has 1 N–H and O–H groups in total. The van der Waals surface area contributed by atoms with E-state index in [0.29, 0.717) is 34.5 Å². The normalized spacial score (nSPS) is 14.4. The maximum Gasteiger partial charge on any atom is 0.251 e. The van der Waals surface area contributed by atoms with Crippen molar-refractivity contribution in [1.29, 1.82) is 0 Å². The molecule has 0 saturated heterocycles. The van der Waals surface area contributed by atoms with Crippen LogP contribution in [0.25, 0.3) is 11.6 Å². The molecule has 1 atom stereocenters. The van der Waals surface area contributed by atoms with E-state index in [-0.39, 0.29) is 24.3 Å². The van der Waals surface area contributed by atoms with Crippen LogP contribution in [0.3, 0.4) is 0 Å². The van der Waals surface area contributed by atoms with E-state index >= 15 is 0 Å². The number of nitrogens with one attached hydrogen (secondary N) is 1. The molecule has 0 aliphatic heterocycles. The summed E-state index contributed by atoms with van der Waals surface area (Å²) in [5.74, 6) is 2.20. The summed E-state index contributed by atoms with van der Waals surface area (Å²) in [5.41, 5.74) is 0.469. The molecule has 4 aromatic rings. The van der Waals surface area contributed by atoms with E-state index in [4.69, 9.17) is 13.6 Å². The molecule has 11 heteroatoms. The van der Waals surface area contributed by atoms with E-state index in [2.05, 4.69) is 20.7 Å². The van der Waals surface area contributed by atoms with Crippen LogP contribution in [0.5, 0.6) is 5.75 Å². The summed E-state index contributed by atoms with van der Waals surface area (Å²) in [5, 5.41) is 15.5. The van der Waals surface area contributed by atoms with Crippen LogP contribution in [0, 0.1) is 13.8 Å². The minimum atomic E-state index is -1.06. The number of ether oxygens (including phenoxy) is 1. The fourth-order valence-electron chi connectivity index (χ4n) is 4.68. The van der Waals surface area contributed by atoms with Crippen LogP contribution in [-0.4, -0.2) is 45.2 Å². The lowest BCUT2D eigenvalue weighted by molar-refractivity contribution is -0.128. The Morgan fingerprint density at radius 3 is 2.55 bits per heavy atom. The first kappa shape index (κ1) is 25.2. The molecule has 1 aliphatic carbocycles. The predicted octanol–water partition coefficient (Wildman–Crippen LogP) is 3.98. The number of hydrogen-bond acceptors (Lipinski definition) is 8. The number of nitrogens with zero attached hydrogens (tertiary/aromatic N) is 5. The monoisotopic (exact) mass is 518 g/mol. The predicted molar refractivity (Wildman–Crippen MR) is 137 cm³/mol. The molecule has 5 rings (SSSR count). The van der Waals surface area contributed by atoms with Crippen molar-refractivity contribution in [2.75, 3.05) is 12.0 Å². The first-order valence-electron chi connectivity index (χ1n) is 12.6. The summed E-state index contributed by atoms with van der Waals surface area (Å²) in [6.07, 6.45) is 3.92. The topological polar surface area (TPSA) is 129 Å². The average Bonchev–Trinajstić information content (AvgIpc) is 3.71. The molecule has 11 nitrogen and oxygen atoms in total. The molecule has 1 unspecified atom stereocenters. The van der Waals surface area contributed by atoms with Crippen LogP contribution in [0.15, 0.2) is 57.4 Å². The lowest BCUT2D eigenvalue weighted by atomic mass is 10.1. The number of benzene rings is 1. The van der Waals surface area contributed by atoms with E-state index in [1.54, 1.807) is 62.6 Å². The fourth-order valence-corrected chi connectivity index (χ4v) is 4.68. The molecular weight excluding hydrogens is 488 g/mol. The van der Waals surface area contributed by atoms with Gasteiger partial charge in [0, 0.05) is 17.8 Å². The molecule has 0 spiro atoms. The third kappa shape index (κ3) is 5.46. The zero-order valence-electron chi connectivity index (χ0n) is 21.6. The van der Waals surface area contributed by atoms with Gasteiger partial charge in [0.25, 0.3) is 11.8 Å². The minimum absolute atomic E-state index is 0.0552. The number of hydrogen-bond donors (Lipinski definition) is 1. The molecule has 0 bridgehead atoms. The van der Waals surface area contributed by atoms with Gasteiger partial charge in [0.2, 0.25) is 5.82 Å². The molecule has 1 aromatic carbocycles. The Morgan fingerprint density at radius 1 is 1.11 bits per heavy atom. The van der Waals surface area contributed by atoms with Gasteiger partial charge < -0.3 is 18.9 Å². The van der Waals surface area contributed by atoms with Gasteiger partial charge in [-0.05, 0) is 68.3 Å². The van der Waals surface area contributed by atoms with Crippen molar-refractivity contribution >= 4 is 17.5 Å². The van der Waals surface area contributed by atoms with Crippen molar-refractivity contribution in [2.45, 2.75) is 58.2 Å². The van der Waals surface area contributed by atoms with E-state index in [1.165, 1.54) is 9.70 Å². The highest BCUT2D eigenvalue weighted by Crippen LogP contribution is 2.32. The van der Waals surface area contributed by atoms with Crippen molar-refractivity contribution < 1.29 is 23.2 Å². The largest absolute Gasteiger partial charge is 0.497 e. The molecule has 2 amide bonds. The van der Waals surface area contributed by atoms with Gasteiger partial charge in [0.1, 0.15) is 29.6 Å². The Balaban J connectivity index is 1.51. The van der Waals surface area contributed by atoms with Gasteiger partial charge in [0.15, 0.2) is 11.8 Å². The number of carbonyl (C=O) groups excluding carboxylic acids is 2. The van der Waals surface area contributed by atoms with Gasteiger partial charge in [-0.15, -0.1) is 10.2 Å². The van der Waals surface area contributed by atoms with E-state index in [0.717, 1.165) is 25.7 Å². The standard InChI is InChI=1S/C27H30N6O5/c1-17-11-13-22(37-17)25(27(35)28-19-7-4-5-8-19)33(20-9-6-10-21(15-20)36-3)24(34)16-32-30-26(29-31-32)23-14-12-18(2)38-23/h6,9-15,19,25H,4-5,7-8,16H2,1-3H3,(H,28,35).